The highest BCUT2D eigenvalue weighted by atomic mass is 79.9. The lowest BCUT2D eigenvalue weighted by Gasteiger charge is -2.09. The molecule has 2 rings (SSSR count). The van der Waals surface area contributed by atoms with Crippen LogP contribution in [0, 0.1) is 5.82 Å². The smallest absolute Gasteiger partial charge is 0.263 e. The van der Waals surface area contributed by atoms with Crippen molar-refractivity contribution in [3.63, 3.8) is 0 Å². The predicted molar refractivity (Wildman–Crippen MR) is 73.6 cm³/mol. The van der Waals surface area contributed by atoms with E-state index in [0.717, 1.165) is 12.1 Å². The Morgan fingerprint density at radius 1 is 1.32 bits per heavy atom. The van der Waals surface area contributed by atoms with E-state index >= 15 is 0 Å². The van der Waals surface area contributed by atoms with Crippen LogP contribution in [0.15, 0.2) is 45.9 Å². The molecule has 19 heavy (non-hydrogen) atoms. The fourth-order valence-electron chi connectivity index (χ4n) is 1.39. The summed E-state index contributed by atoms with van der Waals surface area (Å²) in [6.07, 6.45) is 1.43. The molecule has 3 N–H and O–H groups in total. The van der Waals surface area contributed by atoms with Gasteiger partial charge in [-0.15, -0.1) is 0 Å². The molecule has 2 aromatic rings. The molecule has 0 bridgehead atoms. The molecular weight excluding hydrogens is 337 g/mol. The maximum atomic E-state index is 13.2. The molecule has 8 heteroatoms. The van der Waals surface area contributed by atoms with E-state index in [9.17, 15) is 12.8 Å². The summed E-state index contributed by atoms with van der Waals surface area (Å²) in [5, 5.41) is 0. The van der Waals surface area contributed by atoms with E-state index in [1.807, 2.05) is 0 Å². The Morgan fingerprint density at radius 2 is 2.05 bits per heavy atom. The Balaban J connectivity index is 2.41. The lowest BCUT2D eigenvalue weighted by Crippen LogP contribution is -2.14. The Kier molecular flexibility index (Phi) is 3.72. The van der Waals surface area contributed by atoms with Gasteiger partial charge in [0.1, 0.15) is 5.82 Å². The van der Waals surface area contributed by atoms with Gasteiger partial charge < -0.3 is 5.73 Å². The molecule has 0 saturated carbocycles. The van der Waals surface area contributed by atoms with E-state index in [2.05, 4.69) is 25.6 Å². The molecule has 0 unspecified atom stereocenters. The van der Waals surface area contributed by atoms with Crippen LogP contribution in [0.1, 0.15) is 0 Å². The number of nitrogen functional groups attached to an aromatic ring is 1. The number of nitrogens with two attached hydrogens (primary N) is 1. The van der Waals surface area contributed by atoms with Crippen LogP contribution >= 0.6 is 15.9 Å². The van der Waals surface area contributed by atoms with Crippen molar-refractivity contribution < 1.29 is 12.8 Å². The Labute approximate surface area is 117 Å². The molecule has 0 fully saturated rings. The number of nitrogens with zero attached hydrogens (tertiary/aromatic N) is 1. The second kappa shape index (κ2) is 5.14. The van der Waals surface area contributed by atoms with Crippen LogP contribution in [0.25, 0.3) is 0 Å². The summed E-state index contributed by atoms with van der Waals surface area (Å²) < 4.78 is 40.0. The summed E-state index contributed by atoms with van der Waals surface area (Å²) in [4.78, 5) is 3.61. The van der Waals surface area contributed by atoms with Crippen LogP contribution in [-0.2, 0) is 10.0 Å². The molecule has 0 aliphatic heterocycles. The fraction of sp³-hybridized carbons (Fsp3) is 0. The summed E-state index contributed by atoms with van der Waals surface area (Å²) in [6, 6.07) is 6.36. The van der Waals surface area contributed by atoms with Crippen molar-refractivity contribution in [2.75, 3.05) is 10.5 Å². The quantitative estimate of drug-likeness (QED) is 0.836. The molecule has 0 amide bonds. The van der Waals surface area contributed by atoms with Gasteiger partial charge in [-0.1, -0.05) is 0 Å². The third-order valence-corrected chi connectivity index (χ3v) is 4.15. The molecule has 0 radical (unpaired) electrons. The van der Waals surface area contributed by atoms with Crippen LogP contribution in [-0.4, -0.2) is 13.4 Å². The number of rotatable bonds is 3. The van der Waals surface area contributed by atoms with Gasteiger partial charge in [-0.05, 0) is 46.3 Å². The van der Waals surface area contributed by atoms with E-state index < -0.39 is 15.8 Å². The second-order valence-corrected chi connectivity index (χ2v) is 6.20. The summed E-state index contributed by atoms with van der Waals surface area (Å²) in [5.41, 5.74) is 5.45. The Morgan fingerprint density at radius 3 is 2.68 bits per heavy atom. The van der Waals surface area contributed by atoms with E-state index in [0.29, 0.717) is 4.47 Å². The molecule has 0 atom stereocenters. The highest BCUT2D eigenvalue weighted by molar-refractivity contribution is 9.10. The van der Waals surface area contributed by atoms with Gasteiger partial charge in [-0.25, -0.2) is 17.8 Å². The number of anilines is 2. The van der Waals surface area contributed by atoms with Crippen molar-refractivity contribution in [3.05, 3.63) is 46.8 Å². The highest BCUT2D eigenvalue weighted by Crippen LogP contribution is 2.23. The average molecular weight is 346 g/mol. The van der Waals surface area contributed by atoms with Crippen LogP contribution in [0.3, 0.4) is 0 Å². The SMILES string of the molecule is Nc1cc(F)cc(S(=O)(=O)Nc2ncccc2Br)c1. The van der Waals surface area contributed by atoms with E-state index in [4.69, 9.17) is 5.73 Å². The number of halogens is 2. The monoisotopic (exact) mass is 345 g/mol. The van der Waals surface area contributed by atoms with Gasteiger partial charge in [-0.2, -0.15) is 0 Å². The van der Waals surface area contributed by atoms with Gasteiger partial charge in [0.25, 0.3) is 10.0 Å². The number of hydrogen-bond acceptors (Lipinski definition) is 4. The normalized spacial score (nSPS) is 11.3. The second-order valence-electron chi connectivity index (χ2n) is 3.66. The molecule has 1 aromatic carbocycles. The molecule has 5 nitrogen and oxygen atoms in total. The first-order chi connectivity index (χ1) is 8.88. The van der Waals surface area contributed by atoms with Crippen molar-refractivity contribution in [1.29, 1.82) is 0 Å². The molecule has 0 aliphatic carbocycles. The van der Waals surface area contributed by atoms with Crippen molar-refractivity contribution >= 4 is 37.5 Å². The van der Waals surface area contributed by atoms with Crippen molar-refractivity contribution in [2.24, 2.45) is 0 Å². The molecular formula is C11H9BrFN3O2S. The standard InChI is InChI=1S/C11H9BrFN3O2S/c12-10-2-1-3-15-11(10)16-19(17,18)9-5-7(13)4-8(14)6-9/h1-6H,14H2,(H,15,16). The van der Waals surface area contributed by atoms with Gasteiger partial charge in [-0.3, -0.25) is 4.72 Å². The zero-order valence-electron chi connectivity index (χ0n) is 9.47. The number of aromatic nitrogens is 1. The van der Waals surface area contributed by atoms with Gasteiger partial charge in [0, 0.05) is 11.9 Å². The minimum atomic E-state index is -3.94. The molecule has 0 aliphatic rings. The van der Waals surface area contributed by atoms with E-state index in [-0.39, 0.29) is 16.4 Å². The predicted octanol–water partition coefficient (Wildman–Crippen LogP) is 2.37. The molecule has 1 heterocycles. The van der Waals surface area contributed by atoms with E-state index in [1.54, 1.807) is 12.1 Å². The van der Waals surface area contributed by atoms with Gasteiger partial charge in [0.15, 0.2) is 5.82 Å². The summed E-state index contributed by atoms with van der Waals surface area (Å²) >= 11 is 3.16. The average Bonchev–Trinajstić information content (AvgIpc) is 2.31. The largest absolute Gasteiger partial charge is 0.399 e. The number of sulfonamides is 1. The number of pyridine rings is 1. The molecule has 0 saturated heterocycles. The lowest BCUT2D eigenvalue weighted by molar-refractivity contribution is 0.595. The van der Waals surface area contributed by atoms with Crippen molar-refractivity contribution in [1.82, 2.24) is 4.98 Å². The van der Waals surface area contributed by atoms with Crippen molar-refractivity contribution in [3.8, 4) is 0 Å². The molecule has 0 spiro atoms. The van der Waals surface area contributed by atoms with Gasteiger partial charge in [0.2, 0.25) is 0 Å². The van der Waals surface area contributed by atoms with Crippen molar-refractivity contribution in [2.45, 2.75) is 4.90 Å². The van der Waals surface area contributed by atoms with Crippen LogP contribution in [0.5, 0.6) is 0 Å². The Hall–Kier alpha value is -1.67. The first kappa shape index (κ1) is 13.8. The maximum Gasteiger partial charge on any atom is 0.263 e. The van der Waals surface area contributed by atoms with Crippen LogP contribution in [0.4, 0.5) is 15.9 Å². The van der Waals surface area contributed by atoms with Crippen LogP contribution < -0.4 is 10.5 Å². The number of hydrogen-bond donors (Lipinski definition) is 2. The molecule has 100 valence electrons. The third kappa shape index (κ3) is 3.21. The fourth-order valence-corrected chi connectivity index (χ4v) is 2.97. The van der Waals surface area contributed by atoms with Gasteiger partial charge in [0.05, 0.1) is 9.37 Å². The van der Waals surface area contributed by atoms with E-state index in [1.165, 1.54) is 12.3 Å². The molecule has 1 aromatic heterocycles. The maximum absolute atomic E-state index is 13.2. The first-order valence-corrected chi connectivity index (χ1v) is 7.35. The van der Waals surface area contributed by atoms with Gasteiger partial charge >= 0.3 is 0 Å². The first-order valence-electron chi connectivity index (χ1n) is 5.08. The third-order valence-electron chi connectivity index (χ3n) is 2.19. The minimum Gasteiger partial charge on any atom is -0.399 e. The summed E-state index contributed by atoms with van der Waals surface area (Å²) in [5.74, 6) is -0.606. The summed E-state index contributed by atoms with van der Waals surface area (Å²) in [6.45, 7) is 0. The zero-order chi connectivity index (χ0) is 14.0. The van der Waals surface area contributed by atoms with Crippen LogP contribution in [0.2, 0.25) is 0 Å². The topological polar surface area (TPSA) is 85.1 Å². The number of benzene rings is 1. The Bertz CT molecular complexity index is 701. The number of nitrogens with one attached hydrogen (secondary N) is 1. The zero-order valence-corrected chi connectivity index (χ0v) is 11.9. The lowest BCUT2D eigenvalue weighted by atomic mass is 10.3. The highest BCUT2D eigenvalue weighted by Gasteiger charge is 2.17. The minimum absolute atomic E-state index is 0.0282. The summed E-state index contributed by atoms with van der Waals surface area (Å²) in [7, 11) is -3.94.